The van der Waals surface area contributed by atoms with Crippen molar-refractivity contribution >= 4 is 22.7 Å². The van der Waals surface area contributed by atoms with Crippen LogP contribution in [0, 0.1) is 0 Å². The van der Waals surface area contributed by atoms with Gasteiger partial charge in [0.25, 0.3) is 0 Å². The Morgan fingerprint density at radius 3 is 2.71 bits per heavy atom. The minimum absolute atomic E-state index is 0.501. The third-order valence-corrected chi connectivity index (χ3v) is 2.22. The number of hydrogen-bond donors (Lipinski definition) is 1. The lowest BCUT2D eigenvalue weighted by atomic mass is 10.1. The Bertz CT molecular complexity index is 470. The molecule has 0 fully saturated rings. The number of hydrogen-bond acceptors (Lipinski definition) is 3. The Labute approximate surface area is 86.9 Å². The minimum atomic E-state index is -0.581. The van der Waals surface area contributed by atoms with Gasteiger partial charge in [0.1, 0.15) is 5.52 Å². The van der Waals surface area contributed by atoms with E-state index in [1.54, 1.807) is 6.07 Å². The molecule has 0 bridgehead atoms. The summed E-state index contributed by atoms with van der Waals surface area (Å²) in [5.74, 6) is 0.501. The van der Waals surface area contributed by atoms with Gasteiger partial charge in [0.2, 0.25) is 5.89 Å². The molecule has 74 valence electrons. The van der Waals surface area contributed by atoms with Gasteiger partial charge in [-0.1, -0.05) is 17.7 Å². The van der Waals surface area contributed by atoms with E-state index in [2.05, 4.69) is 4.98 Å². The molecule has 0 spiro atoms. The molecule has 0 atom stereocenters. The summed E-state index contributed by atoms with van der Waals surface area (Å²) in [5, 5.41) is 0.561. The van der Waals surface area contributed by atoms with Gasteiger partial charge in [-0.2, -0.15) is 0 Å². The normalized spacial score (nSPS) is 12.3. The summed E-state index contributed by atoms with van der Waals surface area (Å²) in [5.41, 5.74) is 6.63. The summed E-state index contributed by atoms with van der Waals surface area (Å²) in [6.07, 6.45) is 0. The van der Waals surface area contributed by atoms with Gasteiger partial charge in [0.15, 0.2) is 5.58 Å². The number of para-hydroxylation sites is 1. The average Bonchev–Trinajstić information content (AvgIpc) is 2.48. The molecule has 0 unspecified atom stereocenters. The highest BCUT2D eigenvalue weighted by molar-refractivity contribution is 6.34. The van der Waals surface area contributed by atoms with E-state index in [0.29, 0.717) is 16.5 Å². The quantitative estimate of drug-likeness (QED) is 0.788. The second kappa shape index (κ2) is 2.97. The Morgan fingerprint density at radius 2 is 2.14 bits per heavy atom. The number of nitrogens with zero attached hydrogens (tertiary/aromatic N) is 1. The second-order valence-corrected chi connectivity index (χ2v) is 4.24. The van der Waals surface area contributed by atoms with Crippen LogP contribution in [0.1, 0.15) is 19.7 Å². The number of oxazole rings is 1. The highest BCUT2D eigenvalue weighted by atomic mass is 35.5. The Hall–Kier alpha value is -1.06. The van der Waals surface area contributed by atoms with Crippen LogP contribution >= 0.6 is 11.6 Å². The predicted molar refractivity (Wildman–Crippen MR) is 56.2 cm³/mol. The molecule has 0 saturated heterocycles. The first-order valence-electron chi connectivity index (χ1n) is 4.33. The summed E-state index contributed by atoms with van der Waals surface area (Å²) in [6, 6.07) is 5.45. The van der Waals surface area contributed by atoms with Crippen molar-refractivity contribution in [1.82, 2.24) is 4.98 Å². The van der Waals surface area contributed by atoms with Crippen LogP contribution in [0.3, 0.4) is 0 Å². The fourth-order valence-electron chi connectivity index (χ4n) is 1.19. The molecule has 0 amide bonds. The fourth-order valence-corrected chi connectivity index (χ4v) is 1.40. The van der Waals surface area contributed by atoms with Gasteiger partial charge in [-0.3, -0.25) is 0 Å². The lowest BCUT2D eigenvalue weighted by Gasteiger charge is -2.12. The third-order valence-electron chi connectivity index (χ3n) is 1.92. The van der Waals surface area contributed by atoms with Crippen molar-refractivity contribution in [3.8, 4) is 0 Å². The van der Waals surface area contributed by atoms with Crippen molar-refractivity contribution in [2.24, 2.45) is 5.73 Å². The molecule has 1 aromatic heterocycles. The smallest absolute Gasteiger partial charge is 0.215 e. The Kier molecular flexibility index (Phi) is 2.01. The molecule has 0 aliphatic heterocycles. The topological polar surface area (TPSA) is 52.0 Å². The molecular formula is C10H11ClN2O. The maximum absolute atomic E-state index is 5.95. The van der Waals surface area contributed by atoms with Crippen LogP contribution in [0.5, 0.6) is 0 Å². The number of benzene rings is 1. The zero-order chi connectivity index (χ0) is 10.3. The molecule has 0 saturated carbocycles. The van der Waals surface area contributed by atoms with Gasteiger partial charge < -0.3 is 10.2 Å². The molecule has 0 aliphatic carbocycles. The highest BCUT2D eigenvalue weighted by Crippen LogP contribution is 2.27. The highest BCUT2D eigenvalue weighted by Gasteiger charge is 2.21. The van der Waals surface area contributed by atoms with Gasteiger partial charge in [-0.25, -0.2) is 4.98 Å². The summed E-state index contributed by atoms with van der Waals surface area (Å²) in [7, 11) is 0. The summed E-state index contributed by atoms with van der Waals surface area (Å²) in [6.45, 7) is 3.68. The molecule has 1 aromatic carbocycles. The van der Waals surface area contributed by atoms with Crippen LogP contribution < -0.4 is 5.73 Å². The lowest BCUT2D eigenvalue weighted by Crippen LogP contribution is -2.28. The van der Waals surface area contributed by atoms with Gasteiger partial charge in [-0.05, 0) is 26.0 Å². The number of rotatable bonds is 1. The molecular weight excluding hydrogens is 200 g/mol. The molecule has 0 aliphatic rings. The molecule has 3 nitrogen and oxygen atoms in total. The van der Waals surface area contributed by atoms with Crippen LogP contribution in [0.25, 0.3) is 11.1 Å². The zero-order valence-corrected chi connectivity index (χ0v) is 8.80. The van der Waals surface area contributed by atoms with E-state index in [4.69, 9.17) is 21.8 Å². The molecule has 0 radical (unpaired) electrons. The molecule has 1 heterocycles. The van der Waals surface area contributed by atoms with E-state index >= 15 is 0 Å². The van der Waals surface area contributed by atoms with Crippen molar-refractivity contribution < 1.29 is 4.42 Å². The predicted octanol–water partition coefficient (Wildman–Crippen LogP) is 2.68. The number of aromatic nitrogens is 1. The van der Waals surface area contributed by atoms with Crippen molar-refractivity contribution in [1.29, 1.82) is 0 Å². The summed E-state index contributed by atoms with van der Waals surface area (Å²) < 4.78 is 5.50. The molecule has 2 N–H and O–H groups in total. The standard InChI is InChI=1S/C10H11ClN2O/c1-10(2,12)9-13-7-5-3-4-6(11)8(7)14-9/h3-5H,12H2,1-2H3. The summed E-state index contributed by atoms with van der Waals surface area (Å²) in [4.78, 5) is 4.27. The first kappa shape index (κ1) is 9.49. The van der Waals surface area contributed by atoms with E-state index in [-0.39, 0.29) is 0 Å². The van der Waals surface area contributed by atoms with E-state index in [1.165, 1.54) is 0 Å². The average molecular weight is 211 g/mol. The first-order chi connectivity index (χ1) is 6.48. The first-order valence-corrected chi connectivity index (χ1v) is 4.71. The van der Waals surface area contributed by atoms with Gasteiger partial charge in [0.05, 0.1) is 10.6 Å². The monoisotopic (exact) mass is 210 g/mol. The van der Waals surface area contributed by atoms with E-state index in [0.717, 1.165) is 5.52 Å². The maximum Gasteiger partial charge on any atom is 0.215 e. The largest absolute Gasteiger partial charge is 0.437 e. The SMILES string of the molecule is CC(C)(N)c1nc2cccc(Cl)c2o1. The maximum atomic E-state index is 5.95. The van der Waals surface area contributed by atoms with Crippen molar-refractivity contribution in [3.63, 3.8) is 0 Å². The zero-order valence-electron chi connectivity index (χ0n) is 8.04. The Morgan fingerprint density at radius 1 is 1.43 bits per heavy atom. The van der Waals surface area contributed by atoms with Gasteiger partial charge >= 0.3 is 0 Å². The van der Waals surface area contributed by atoms with Crippen molar-refractivity contribution in [2.75, 3.05) is 0 Å². The number of nitrogens with two attached hydrogens (primary N) is 1. The van der Waals surface area contributed by atoms with Crippen LogP contribution in [-0.4, -0.2) is 4.98 Å². The fraction of sp³-hybridized carbons (Fsp3) is 0.300. The number of fused-ring (bicyclic) bond motifs is 1. The van der Waals surface area contributed by atoms with Crippen LogP contribution in [0.15, 0.2) is 22.6 Å². The molecule has 2 aromatic rings. The summed E-state index contributed by atoms with van der Waals surface area (Å²) >= 11 is 5.95. The molecule has 14 heavy (non-hydrogen) atoms. The molecule has 4 heteroatoms. The van der Waals surface area contributed by atoms with E-state index in [9.17, 15) is 0 Å². The van der Waals surface area contributed by atoms with Crippen molar-refractivity contribution in [2.45, 2.75) is 19.4 Å². The van der Waals surface area contributed by atoms with Crippen LogP contribution in [-0.2, 0) is 5.54 Å². The van der Waals surface area contributed by atoms with E-state index in [1.807, 2.05) is 26.0 Å². The minimum Gasteiger partial charge on any atom is -0.437 e. The lowest BCUT2D eigenvalue weighted by molar-refractivity contribution is 0.394. The third kappa shape index (κ3) is 1.49. The van der Waals surface area contributed by atoms with E-state index < -0.39 is 5.54 Å². The Balaban J connectivity index is 2.69. The van der Waals surface area contributed by atoms with Gasteiger partial charge in [0, 0.05) is 0 Å². The van der Waals surface area contributed by atoms with Gasteiger partial charge in [-0.15, -0.1) is 0 Å². The van der Waals surface area contributed by atoms with Crippen molar-refractivity contribution in [3.05, 3.63) is 29.1 Å². The second-order valence-electron chi connectivity index (χ2n) is 3.83. The number of halogens is 1. The van der Waals surface area contributed by atoms with Crippen LogP contribution in [0.2, 0.25) is 5.02 Å². The van der Waals surface area contributed by atoms with Crippen LogP contribution in [0.4, 0.5) is 0 Å². The molecule has 2 rings (SSSR count).